The summed E-state index contributed by atoms with van der Waals surface area (Å²) in [5.74, 6) is 2.91. The van der Waals surface area contributed by atoms with Crippen molar-refractivity contribution in [3.63, 3.8) is 0 Å². The normalized spacial score (nSPS) is 12.4. The quantitative estimate of drug-likeness (QED) is 0.0957. The van der Waals surface area contributed by atoms with E-state index in [2.05, 4.69) is 279 Å². The Balaban J connectivity index is 1.17. The SMILES string of the molecule is CC(C)c1cccc(C(C)C)c1-c1c[n+](-c2cc(C(C)(C)C)cc(C(C)(C)C)c2)[c-]n1-c1cc(Oc2ccc3c4ccccc4n(-c4cc(C(C)(C)c5ccccc5)ccn4)c3c2)cc(-c2ccccc2)c1. The molecular weight excluding hydrogens is 877 g/mol. The van der Waals surface area contributed by atoms with Gasteiger partial charge < -0.3 is 4.74 Å². The van der Waals surface area contributed by atoms with Crippen molar-refractivity contribution in [3.8, 4) is 51.1 Å². The fourth-order valence-electron chi connectivity index (χ4n) is 10.3. The van der Waals surface area contributed by atoms with Crippen LogP contribution in [0.2, 0.25) is 0 Å². The first kappa shape index (κ1) is 48.1. The smallest absolute Gasteiger partial charge is 0.269 e. The van der Waals surface area contributed by atoms with E-state index in [0.29, 0.717) is 11.8 Å². The second-order valence-electron chi connectivity index (χ2n) is 22.8. The zero-order valence-corrected chi connectivity index (χ0v) is 44.2. The standard InChI is InChI=1S/C67H68N4O/c1-44(2)56-27-21-28-57(45(3)4)64(56)62-42-69(52-37-50(65(5,6)7)36-51(38-52)66(8,9)10)43-70(62)53-34-47(46-22-15-13-16-23-46)35-55(40-53)72-54-30-31-59-58-26-19-20-29-60(58)71(61(59)41-54)63-39-49(32-33-68-63)67(11,12)48-24-17-14-18-25-48/h13-42,44-45H,1-12H3. The molecule has 0 aliphatic carbocycles. The van der Waals surface area contributed by atoms with Gasteiger partial charge in [-0.05, 0) is 133 Å². The van der Waals surface area contributed by atoms with Crippen molar-refractivity contribution in [2.24, 2.45) is 0 Å². The second-order valence-corrected chi connectivity index (χ2v) is 22.8. The van der Waals surface area contributed by atoms with E-state index in [1.54, 1.807) is 0 Å². The Hall–Kier alpha value is -7.50. The van der Waals surface area contributed by atoms with Crippen molar-refractivity contribution in [3.05, 3.63) is 222 Å². The summed E-state index contributed by atoms with van der Waals surface area (Å²) in [4.78, 5) is 5.03. The van der Waals surface area contributed by atoms with Crippen LogP contribution in [0.25, 0.3) is 61.4 Å². The van der Waals surface area contributed by atoms with Crippen molar-refractivity contribution >= 4 is 21.8 Å². The monoisotopic (exact) mass is 945 g/mol. The summed E-state index contributed by atoms with van der Waals surface area (Å²) in [6, 6.07) is 61.3. The minimum Gasteiger partial charge on any atom is -0.458 e. The molecule has 0 amide bonds. The summed E-state index contributed by atoms with van der Waals surface area (Å²) in [7, 11) is 0. The maximum absolute atomic E-state index is 7.13. The Morgan fingerprint density at radius 3 is 1.79 bits per heavy atom. The number of imidazole rings is 1. The molecule has 10 aromatic rings. The number of nitrogens with zero attached hydrogens (tertiary/aromatic N) is 4. The predicted molar refractivity (Wildman–Crippen MR) is 300 cm³/mol. The van der Waals surface area contributed by atoms with E-state index in [1.807, 2.05) is 6.20 Å². The van der Waals surface area contributed by atoms with Gasteiger partial charge in [-0.15, -0.1) is 0 Å². The number of ether oxygens (including phenoxy) is 1. The molecule has 0 N–H and O–H groups in total. The topological polar surface area (TPSA) is 35.9 Å². The third-order valence-corrected chi connectivity index (χ3v) is 14.6. The van der Waals surface area contributed by atoms with Gasteiger partial charge in [-0.1, -0.05) is 186 Å². The summed E-state index contributed by atoms with van der Waals surface area (Å²) < 4.78 is 13.9. The molecule has 3 aromatic heterocycles. The van der Waals surface area contributed by atoms with Crippen LogP contribution in [-0.4, -0.2) is 14.1 Å². The number of para-hydroxylation sites is 1. The number of pyridine rings is 1. The third kappa shape index (κ3) is 9.18. The van der Waals surface area contributed by atoms with Gasteiger partial charge in [-0.25, -0.2) is 4.98 Å². The second kappa shape index (κ2) is 18.6. The molecule has 5 heteroatoms. The van der Waals surface area contributed by atoms with Crippen molar-refractivity contribution in [1.29, 1.82) is 0 Å². The van der Waals surface area contributed by atoms with Gasteiger partial charge in [0.15, 0.2) is 0 Å². The Kier molecular flexibility index (Phi) is 12.4. The number of hydrogen-bond donors (Lipinski definition) is 0. The molecule has 0 bridgehead atoms. The van der Waals surface area contributed by atoms with Crippen LogP contribution in [0, 0.1) is 6.33 Å². The molecule has 72 heavy (non-hydrogen) atoms. The van der Waals surface area contributed by atoms with Gasteiger partial charge in [0.1, 0.15) is 17.3 Å². The molecule has 3 heterocycles. The van der Waals surface area contributed by atoms with Crippen molar-refractivity contribution in [2.45, 2.75) is 111 Å². The molecule has 7 aromatic carbocycles. The highest BCUT2D eigenvalue weighted by Crippen LogP contribution is 2.41. The average Bonchev–Trinajstić information content (AvgIpc) is 3.96. The number of rotatable bonds is 11. The van der Waals surface area contributed by atoms with Crippen LogP contribution in [0.4, 0.5) is 0 Å². The molecule has 0 saturated heterocycles. The maximum Gasteiger partial charge on any atom is 0.269 e. The fourth-order valence-corrected chi connectivity index (χ4v) is 10.3. The van der Waals surface area contributed by atoms with Gasteiger partial charge in [0.2, 0.25) is 0 Å². The van der Waals surface area contributed by atoms with E-state index < -0.39 is 0 Å². The Bertz CT molecular complexity index is 3540. The minimum absolute atomic E-state index is 0.0511. The first-order valence-corrected chi connectivity index (χ1v) is 25.7. The molecule has 0 atom stereocenters. The Morgan fingerprint density at radius 2 is 1.14 bits per heavy atom. The summed E-state index contributed by atoms with van der Waals surface area (Å²) in [5.41, 5.74) is 15.9. The predicted octanol–water partition coefficient (Wildman–Crippen LogP) is 17.3. The highest BCUT2D eigenvalue weighted by Gasteiger charge is 2.27. The van der Waals surface area contributed by atoms with Crippen molar-refractivity contribution in [2.75, 3.05) is 0 Å². The van der Waals surface area contributed by atoms with Gasteiger partial charge in [0.05, 0.1) is 28.1 Å². The van der Waals surface area contributed by atoms with Gasteiger partial charge in [-0.2, -0.15) is 0 Å². The highest BCUT2D eigenvalue weighted by atomic mass is 16.5. The Labute approximate surface area is 427 Å². The first-order chi connectivity index (χ1) is 34.3. The summed E-state index contributed by atoms with van der Waals surface area (Å²) in [6.45, 7) is 27.6. The van der Waals surface area contributed by atoms with Crippen LogP contribution in [0.1, 0.15) is 128 Å². The number of fused-ring (bicyclic) bond motifs is 3. The molecule has 0 fully saturated rings. The van der Waals surface area contributed by atoms with Crippen LogP contribution >= 0.6 is 0 Å². The van der Waals surface area contributed by atoms with Crippen molar-refractivity contribution < 1.29 is 9.30 Å². The average molecular weight is 945 g/mol. The van der Waals surface area contributed by atoms with Crippen LogP contribution in [0.5, 0.6) is 11.5 Å². The van der Waals surface area contributed by atoms with Gasteiger partial charge in [-0.3, -0.25) is 13.7 Å². The van der Waals surface area contributed by atoms with E-state index in [0.717, 1.165) is 67.3 Å². The van der Waals surface area contributed by atoms with E-state index >= 15 is 0 Å². The zero-order chi connectivity index (χ0) is 50.7. The molecule has 362 valence electrons. The Morgan fingerprint density at radius 1 is 0.514 bits per heavy atom. The maximum atomic E-state index is 7.13. The lowest BCUT2D eigenvalue weighted by Crippen LogP contribution is -2.30. The van der Waals surface area contributed by atoms with Crippen LogP contribution < -0.4 is 9.30 Å². The molecule has 5 nitrogen and oxygen atoms in total. The van der Waals surface area contributed by atoms with Gasteiger partial charge in [0.25, 0.3) is 6.33 Å². The first-order valence-electron chi connectivity index (χ1n) is 25.7. The number of benzene rings is 7. The molecule has 0 aliphatic heterocycles. The van der Waals surface area contributed by atoms with E-state index in [4.69, 9.17) is 9.72 Å². The zero-order valence-electron chi connectivity index (χ0n) is 44.2. The number of hydrogen-bond acceptors (Lipinski definition) is 2. The lowest BCUT2D eigenvalue weighted by Gasteiger charge is -2.26. The van der Waals surface area contributed by atoms with Crippen LogP contribution in [-0.2, 0) is 16.2 Å². The number of aromatic nitrogens is 4. The van der Waals surface area contributed by atoms with E-state index in [-0.39, 0.29) is 16.2 Å². The third-order valence-electron chi connectivity index (χ3n) is 14.6. The molecule has 0 radical (unpaired) electrons. The molecule has 0 aliphatic rings. The summed E-state index contributed by atoms with van der Waals surface area (Å²) in [5, 5.41) is 2.30. The lowest BCUT2D eigenvalue weighted by molar-refractivity contribution is -0.599. The van der Waals surface area contributed by atoms with Gasteiger partial charge >= 0.3 is 0 Å². The van der Waals surface area contributed by atoms with E-state index in [1.165, 1.54) is 38.9 Å². The van der Waals surface area contributed by atoms with E-state index in [9.17, 15) is 0 Å². The lowest BCUT2D eigenvalue weighted by atomic mass is 9.78. The largest absolute Gasteiger partial charge is 0.458 e. The summed E-state index contributed by atoms with van der Waals surface area (Å²) >= 11 is 0. The van der Waals surface area contributed by atoms with Crippen LogP contribution in [0.3, 0.4) is 0 Å². The molecule has 0 spiro atoms. The molecular formula is C67H68N4O. The molecule has 10 rings (SSSR count). The highest BCUT2D eigenvalue weighted by molar-refractivity contribution is 6.09. The summed E-state index contributed by atoms with van der Waals surface area (Å²) in [6.07, 6.45) is 8.17. The van der Waals surface area contributed by atoms with Crippen molar-refractivity contribution in [1.82, 2.24) is 14.1 Å². The molecule has 0 unspecified atom stereocenters. The van der Waals surface area contributed by atoms with Crippen LogP contribution in [0.15, 0.2) is 182 Å². The fraction of sp³-hybridized carbons (Fsp3) is 0.254. The van der Waals surface area contributed by atoms with Gasteiger partial charge in [0, 0.05) is 34.6 Å². The molecule has 0 saturated carbocycles. The minimum atomic E-state index is -0.233.